The third-order valence-electron chi connectivity index (χ3n) is 4.45. The van der Waals surface area contributed by atoms with Gasteiger partial charge in [0.05, 0.1) is 24.0 Å². The van der Waals surface area contributed by atoms with E-state index in [0.717, 1.165) is 5.56 Å². The summed E-state index contributed by atoms with van der Waals surface area (Å²) in [6, 6.07) is 6.81. The van der Waals surface area contributed by atoms with Crippen LogP contribution in [0.25, 0.3) is 11.4 Å². The van der Waals surface area contributed by atoms with Crippen LogP contribution in [0.2, 0.25) is 5.15 Å². The molecule has 1 aliphatic heterocycles. The van der Waals surface area contributed by atoms with Gasteiger partial charge in [0.2, 0.25) is 5.91 Å². The van der Waals surface area contributed by atoms with E-state index < -0.39 is 0 Å². The number of pyridine rings is 2. The lowest BCUT2D eigenvalue weighted by Crippen LogP contribution is -2.45. The van der Waals surface area contributed by atoms with Crippen molar-refractivity contribution in [2.24, 2.45) is 0 Å². The number of ether oxygens (including phenoxy) is 1. The minimum Gasteiger partial charge on any atom is -0.367 e. The quantitative estimate of drug-likeness (QED) is 0.630. The van der Waals surface area contributed by atoms with Crippen molar-refractivity contribution in [3.63, 3.8) is 0 Å². The number of aromatic nitrogens is 2. The van der Waals surface area contributed by atoms with E-state index in [1.807, 2.05) is 13.0 Å². The first-order valence-electron chi connectivity index (χ1n) is 8.84. The fourth-order valence-electron chi connectivity index (χ4n) is 3.13. The Balaban J connectivity index is 1.94. The Morgan fingerprint density at radius 1 is 1.32 bits per heavy atom. The smallest absolute Gasteiger partial charge is 0.251 e. The fourth-order valence-corrected chi connectivity index (χ4v) is 3.35. The summed E-state index contributed by atoms with van der Waals surface area (Å²) in [5.41, 5.74) is 2.31. The molecule has 3 rings (SSSR count). The van der Waals surface area contributed by atoms with E-state index >= 15 is 0 Å². The Bertz CT molecular complexity index is 918. The molecule has 28 heavy (non-hydrogen) atoms. The summed E-state index contributed by atoms with van der Waals surface area (Å²) in [6.45, 7) is 6.35. The van der Waals surface area contributed by atoms with Gasteiger partial charge in [0.25, 0.3) is 5.91 Å². The molecule has 146 valence electrons. The normalized spacial score (nSPS) is 19.2. The third-order valence-corrected chi connectivity index (χ3v) is 4.64. The highest BCUT2D eigenvalue weighted by Crippen LogP contribution is 2.30. The van der Waals surface area contributed by atoms with Crippen LogP contribution < -0.4 is 5.32 Å². The summed E-state index contributed by atoms with van der Waals surface area (Å²) in [5, 5.41) is 2.86. The number of rotatable bonds is 4. The monoisotopic (exact) mass is 400 g/mol. The van der Waals surface area contributed by atoms with Crippen LogP contribution in [-0.4, -0.2) is 52.9 Å². The number of morpholine rings is 1. The first-order chi connectivity index (χ1) is 13.4. The van der Waals surface area contributed by atoms with Crippen LogP contribution in [0.1, 0.15) is 28.9 Å². The summed E-state index contributed by atoms with van der Waals surface area (Å²) in [4.78, 5) is 34.3. The van der Waals surface area contributed by atoms with Crippen LogP contribution in [0, 0.1) is 0 Å². The molecule has 2 aromatic heterocycles. The van der Waals surface area contributed by atoms with Crippen LogP contribution in [0.3, 0.4) is 0 Å². The predicted octanol–water partition coefficient (Wildman–Crippen LogP) is 2.63. The molecule has 1 aliphatic rings. The largest absolute Gasteiger partial charge is 0.367 e. The molecule has 1 fully saturated rings. The van der Waals surface area contributed by atoms with Crippen LogP contribution in [0.15, 0.2) is 43.1 Å². The molecule has 0 bridgehead atoms. The second-order valence-corrected chi connectivity index (χ2v) is 6.89. The van der Waals surface area contributed by atoms with Gasteiger partial charge in [-0.1, -0.05) is 18.2 Å². The Labute approximate surface area is 168 Å². The number of amides is 2. The molecule has 0 aromatic carbocycles. The van der Waals surface area contributed by atoms with Crippen LogP contribution in [0.5, 0.6) is 0 Å². The molecule has 8 heteroatoms. The molecule has 0 unspecified atom stereocenters. The zero-order valence-electron chi connectivity index (χ0n) is 15.7. The van der Waals surface area contributed by atoms with Gasteiger partial charge >= 0.3 is 0 Å². The lowest BCUT2D eigenvalue weighted by molar-refractivity contribution is -0.139. The third kappa shape index (κ3) is 4.37. The molecular weight excluding hydrogens is 380 g/mol. The molecule has 2 aromatic rings. The minimum atomic E-state index is -0.353. The summed E-state index contributed by atoms with van der Waals surface area (Å²) in [6.07, 6.45) is 2.36. The Morgan fingerprint density at radius 2 is 2.11 bits per heavy atom. The maximum absolute atomic E-state index is 12.0. The lowest BCUT2D eigenvalue weighted by atomic mass is 10.0. The van der Waals surface area contributed by atoms with Crippen molar-refractivity contribution in [2.45, 2.75) is 19.1 Å². The average Bonchev–Trinajstić information content (AvgIpc) is 2.71. The van der Waals surface area contributed by atoms with Gasteiger partial charge in [0, 0.05) is 25.4 Å². The summed E-state index contributed by atoms with van der Waals surface area (Å²) in [5.74, 6) is -0.352. The topological polar surface area (TPSA) is 84.4 Å². The average molecular weight is 401 g/mol. The van der Waals surface area contributed by atoms with Crippen LogP contribution >= 0.6 is 11.6 Å². The SMILES string of the molecule is C=CC(=O)N1C[C@H](C)O[C@@H](c2cc(Cl)nc(-c3cc(C(=O)NC)ccn3)c2)C1. The van der Waals surface area contributed by atoms with Crippen LogP contribution in [0.4, 0.5) is 0 Å². The molecule has 0 spiro atoms. The Morgan fingerprint density at radius 3 is 2.82 bits per heavy atom. The molecule has 0 saturated carbocycles. The standard InChI is InChI=1S/C20H21ClN4O3/c1-4-19(26)25-10-12(2)28-17(11-25)14-8-16(24-18(21)9-14)15-7-13(5-6-23-15)20(27)22-3/h4-9,12,17H,1,10-11H2,2-3H3,(H,22,27)/t12-,17+/m0/s1. The van der Waals surface area contributed by atoms with Crippen molar-refractivity contribution in [2.75, 3.05) is 20.1 Å². The molecular formula is C20H21ClN4O3. The summed E-state index contributed by atoms with van der Waals surface area (Å²) in [7, 11) is 1.57. The van der Waals surface area contributed by atoms with Crippen molar-refractivity contribution in [1.29, 1.82) is 0 Å². The van der Waals surface area contributed by atoms with Crippen LogP contribution in [-0.2, 0) is 9.53 Å². The van der Waals surface area contributed by atoms with Crippen molar-refractivity contribution in [3.8, 4) is 11.4 Å². The first-order valence-corrected chi connectivity index (χ1v) is 9.22. The van der Waals surface area contributed by atoms with Crippen molar-refractivity contribution < 1.29 is 14.3 Å². The van der Waals surface area contributed by atoms with Gasteiger partial charge in [-0.25, -0.2) is 4.98 Å². The molecule has 3 heterocycles. The minimum absolute atomic E-state index is 0.132. The lowest BCUT2D eigenvalue weighted by Gasteiger charge is -2.36. The predicted molar refractivity (Wildman–Crippen MR) is 106 cm³/mol. The number of hydrogen-bond acceptors (Lipinski definition) is 5. The molecule has 0 radical (unpaired) electrons. The van der Waals surface area contributed by atoms with Gasteiger partial charge in [-0.15, -0.1) is 0 Å². The number of nitrogens with zero attached hydrogens (tertiary/aromatic N) is 3. The summed E-state index contributed by atoms with van der Waals surface area (Å²) < 4.78 is 6.02. The maximum atomic E-state index is 12.0. The van der Waals surface area contributed by atoms with Gasteiger partial charge in [0.1, 0.15) is 11.3 Å². The highest BCUT2D eigenvalue weighted by Gasteiger charge is 2.29. The number of halogens is 1. The zero-order valence-corrected chi connectivity index (χ0v) is 16.4. The van der Waals surface area contributed by atoms with E-state index in [0.29, 0.717) is 30.0 Å². The molecule has 2 atom stereocenters. The first kappa shape index (κ1) is 20.0. The molecule has 1 saturated heterocycles. The van der Waals surface area contributed by atoms with Crippen molar-refractivity contribution in [1.82, 2.24) is 20.2 Å². The Kier molecular flexibility index (Phi) is 6.06. The van der Waals surface area contributed by atoms with E-state index in [9.17, 15) is 9.59 Å². The summed E-state index contributed by atoms with van der Waals surface area (Å²) >= 11 is 6.24. The second kappa shape index (κ2) is 8.50. The van der Waals surface area contributed by atoms with E-state index in [1.165, 1.54) is 6.08 Å². The molecule has 1 N–H and O–H groups in total. The van der Waals surface area contributed by atoms with Crippen molar-refractivity contribution >= 4 is 23.4 Å². The van der Waals surface area contributed by atoms with E-state index in [1.54, 1.807) is 36.3 Å². The van der Waals surface area contributed by atoms with Gasteiger partial charge < -0.3 is 15.0 Å². The van der Waals surface area contributed by atoms with E-state index in [2.05, 4.69) is 21.9 Å². The fraction of sp³-hybridized carbons (Fsp3) is 0.300. The number of carbonyl (C=O) groups is 2. The number of carbonyl (C=O) groups excluding carboxylic acids is 2. The van der Waals surface area contributed by atoms with Gasteiger partial charge in [-0.3, -0.25) is 14.6 Å². The van der Waals surface area contributed by atoms with Gasteiger partial charge in [0.15, 0.2) is 0 Å². The van der Waals surface area contributed by atoms with E-state index in [4.69, 9.17) is 16.3 Å². The molecule has 7 nitrogen and oxygen atoms in total. The highest BCUT2D eigenvalue weighted by atomic mass is 35.5. The molecule has 2 amide bonds. The van der Waals surface area contributed by atoms with E-state index in [-0.39, 0.29) is 29.2 Å². The Hall–Kier alpha value is -2.77. The number of hydrogen-bond donors (Lipinski definition) is 1. The highest BCUT2D eigenvalue weighted by molar-refractivity contribution is 6.29. The van der Waals surface area contributed by atoms with Gasteiger partial charge in [-0.2, -0.15) is 0 Å². The number of nitrogens with one attached hydrogen (secondary N) is 1. The second-order valence-electron chi connectivity index (χ2n) is 6.50. The molecule has 0 aliphatic carbocycles. The van der Waals surface area contributed by atoms with Crippen molar-refractivity contribution in [3.05, 3.63) is 59.4 Å². The zero-order chi connectivity index (χ0) is 20.3. The van der Waals surface area contributed by atoms with Gasteiger partial charge in [-0.05, 0) is 42.8 Å². The maximum Gasteiger partial charge on any atom is 0.251 e.